The van der Waals surface area contributed by atoms with Crippen LogP contribution in [-0.2, 0) is 14.3 Å². The molecule has 0 radical (unpaired) electrons. The fourth-order valence-electron chi connectivity index (χ4n) is 2.26. The number of rotatable bonds is 4. The van der Waals surface area contributed by atoms with Crippen LogP contribution in [0.15, 0.2) is 45.4 Å². The van der Waals surface area contributed by atoms with Gasteiger partial charge in [-0.2, -0.15) is 5.10 Å². The highest BCUT2D eigenvalue weighted by atomic mass is 32.1. The maximum Gasteiger partial charge on any atom is 0.303 e. The Hall–Kier alpha value is -2.41. The molecule has 2 aromatic heterocycles. The van der Waals surface area contributed by atoms with Gasteiger partial charge in [0.2, 0.25) is 0 Å². The molecule has 1 atom stereocenters. The first-order valence-electron chi connectivity index (χ1n) is 6.75. The van der Waals surface area contributed by atoms with E-state index in [-0.39, 0.29) is 18.6 Å². The van der Waals surface area contributed by atoms with E-state index in [1.807, 2.05) is 23.6 Å². The van der Waals surface area contributed by atoms with E-state index in [9.17, 15) is 9.59 Å². The van der Waals surface area contributed by atoms with Gasteiger partial charge in [-0.25, -0.2) is 5.01 Å². The molecule has 7 heteroatoms. The summed E-state index contributed by atoms with van der Waals surface area (Å²) in [5, 5.41) is 7.71. The van der Waals surface area contributed by atoms with Gasteiger partial charge in [-0.1, -0.05) is 6.07 Å². The summed E-state index contributed by atoms with van der Waals surface area (Å²) in [4.78, 5) is 24.2. The molecule has 1 unspecified atom stereocenters. The molecule has 1 aliphatic heterocycles. The number of esters is 1. The number of carbonyl (C=O) groups excluding carboxylic acids is 2. The zero-order chi connectivity index (χ0) is 15.5. The van der Waals surface area contributed by atoms with Gasteiger partial charge in [0.25, 0.3) is 5.91 Å². The summed E-state index contributed by atoms with van der Waals surface area (Å²) in [5.41, 5.74) is 0.826. The van der Waals surface area contributed by atoms with Crippen molar-refractivity contribution in [1.29, 1.82) is 0 Å². The number of amides is 1. The molecule has 0 bridgehead atoms. The van der Waals surface area contributed by atoms with Crippen LogP contribution < -0.4 is 0 Å². The molecule has 0 saturated heterocycles. The van der Waals surface area contributed by atoms with Crippen molar-refractivity contribution in [1.82, 2.24) is 5.01 Å². The summed E-state index contributed by atoms with van der Waals surface area (Å²) >= 11 is 1.57. The van der Waals surface area contributed by atoms with Crippen molar-refractivity contribution in [2.45, 2.75) is 19.4 Å². The average Bonchev–Trinajstić information content (AvgIpc) is 3.23. The van der Waals surface area contributed by atoms with Crippen LogP contribution in [-0.4, -0.2) is 29.2 Å². The molecule has 2 aromatic rings. The van der Waals surface area contributed by atoms with Crippen LogP contribution in [0.2, 0.25) is 0 Å². The average molecular weight is 318 g/mol. The van der Waals surface area contributed by atoms with E-state index in [0.717, 1.165) is 10.6 Å². The first kappa shape index (κ1) is 14.5. The highest BCUT2D eigenvalue weighted by molar-refractivity contribution is 7.12. The minimum atomic E-state index is -0.496. The minimum absolute atomic E-state index is 0.310. The second kappa shape index (κ2) is 6.15. The van der Waals surface area contributed by atoms with Crippen molar-refractivity contribution in [2.24, 2.45) is 5.10 Å². The Morgan fingerprint density at radius 3 is 2.95 bits per heavy atom. The molecule has 0 aliphatic carbocycles. The molecule has 1 amide bonds. The lowest BCUT2D eigenvalue weighted by molar-refractivity contribution is -0.151. The van der Waals surface area contributed by atoms with Gasteiger partial charge in [-0.3, -0.25) is 9.59 Å². The number of furan rings is 1. The Morgan fingerprint density at radius 1 is 1.45 bits per heavy atom. The number of ether oxygens (including phenoxy) is 1. The van der Waals surface area contributed by atoms with Crippen LogP contribution in [0.3, 0.4) is 0 Å². The van der Waals surface area contributed by atoms with Crippen molar-refractivity contribution in [3.05, 3.63) is 46.5 Å². The van der Waals surface area contributed by atoms with Crippen molar-refractivity contribution in [3.63, 3.8) is 0 Å². The van der Waals surface area contributed by atoms with Crippen LogP contribution in [0.4, 0.5) is 0 Å². The highest BCUT2D eigenvalue weighted by Gasteiger charge is 2.35. The maximum atomic E-state index is 12.3. The maximum absolute atomic E-state index is 12.3. The Labute approximate surface area is 131 Å². The summed E-state index contributed by atoms with van der Waals surface area (Å²) in [6.45, 7) is 0.940. The molecule has 0 fully saturated rings. The molecular weight excluding hydrogens is 304 g/mol. The Bertz CT molecular complexity index is 691. The standard InChI is InChI=1S/C15H14N2O4S/c1-10(18)21-9-15(19)17-12(13-4-2-6-20-13)8-11(16-17)14-5-3-7-22-14/h2-7,12H,8-9H2,1H3. The lowest BCUT2D eigenvalue weighted by Gasteiger charge is -2.19. The second-order valence-corrected chi connectivity index (χ2v) is 5.73. The molecule has 22 heavy (non-hydrogen) atoms. The van der Waals surface area contributed by atoms with E-state index >= 15 is 0 Å². The third-order valence-corrected chi connectivity index (χ3v) is 4.16. The molecule has 3 rings (SSSR count). The number of thiophene rings is 1. The van der Waals surface area contributed by atoms with Gasteiger partial charge in [-0.15, -0.1) is 11.3 Å². The van der Waals surface area contributed by atoms with Crippen LogP contribution in [0, 0.1) is 0 Å². The first-order valence-corrected chi connectivity index (χ1v) is 7.63. The smallest absolute Gasteiger partial charge is 0.303 e. The molecule has 3 heterocycles. The Morgan fingerprint density at radius 2 is 2.32 bits per heavy atom. The predicted molar refractivity (Wildman–Crippen MR) is 80.4 cm³/mol. The highest BCUT2D eigenvalue weighted by Crippen LogP contribution is 2.33. The van der Waals surface area contributed by atoms with Crippen LogP contribution in [0.25, 0.3) is 0 Å². The third-order valence-electron chi connectivity index (χ3n) is 3.24. The number of hydrogen-bond donors (Lipinski definition) is 0. The number of nitrogens with zero attached hydrogens (tertiary/aromatic N) is 2. The molecule has 0 saturated carbocycles. The molecule has 6 nitrogen and oxygen atoms in total. The van der Waals surface area contributed by atoms with Gasteiger partial charge in [0.1, 0.15) is 11.8 Å². The topological polar surface area (TPSA) is 72.1 Å². The van der Waals surface area contributed by atoms with E-state index in [1.165, 1.54) is 11.9 Å². The normalized spacial score (nSPS) is 17.4. The van der Waals surface area contributed by atoms with Crippen molar-refractivity contribution >= 4 is 28.9 Å². The SMILES string of the molecule is CC(=O)OCC(=O)N1N=C(c2cccs2)CC1c1ccco1. The lowest BCUT2D eigenvalue weighted by atomic mass is 10.1. The van der Waals surface area contributed by atoms with Crippen molar-refractivity contribution in [3.8, 4) is 0 Å². The summed E-state index contributed by atoms with van der Waals surface area (Å²) in [6, 6.07) is 7.17. The molecule has 0 N–H and O–H groups in total. The van der Waals surface area contributed by atoms with E-state index < -0.39 is 5.97 Å². The fraction of sp³-hybridized carbons (Fsp3) is 0.267. The van der Waals surface area contributed by atoms with Crippen LogP contribution in [0.1, 0.15) is 30.0 Å². The lowest BCUT2D eigenvalue weighted by Crippen LogP contribution is -2.30. The molecular formula is C15H14N2O4S. The Kier molecular flexibility index (Phi) is 4.06. The van der Waals surface area contributed by atoms with Gasteiger partial charge in [-0.05, 0) is 23.6 Å². The minimum Gasteiger partial charge on any atom is -0.467 e. The monoisotopic (exact) mass is 318 g/mol. The van der Waals surface area contributed by atoms with Gasteiger partial charge >= 0.3 is 5.97 Å². The van der Waals surface area contributed by atoms with E-state index in [0.29, 0.717) is 12.2 Å². The van der Waals surface area contributed by atoms with Crippen molar-refractivity contribution in [2.75, 3.05) is 6.61 Å². The number of hydrazone groups is 1. The summed E-state index contributed by atoms with van der Waals surface area (Å²) in [6.07, 6.45) is 2.13. The van der Waals surface area contributed by atoms with E-state index in [4.69, 9.17) is 9.15 Å². The summed E-state index contributed by atoms with van der Waals surface area (Å²) < 4.78 is 10.2. The second-order valence-electron chi connectivity index (χ2n) is 4.78. The van der Waals surface area contributed by atoms with Gasteiger partial charge in [0.05, 0.1) is 16.9 Å². The summed E-state index contributed by atoms with van der Waals surface area (Å²) in [5.74, 6) is -0.209. The van der Waals surface area contributed by atoms with Gasteiger partial charge < -0.3 is 9.15 Å². The third kappa shape index (κ3) is 2.94. The fourth-order valence-corrected chi connectivity index (χ4v) is 2.98. The van der Waals surface area contributed by atoms with Crippen LogP contribution >= 0.6 is 11.3 Å². The molecule has 0 spiro atoms. The zero-order valence-electron chi connectivity index (χ0n) is 11.9. The molecule has 0 aromatic carbocycles. The largest absolute Gasteiger partial charge is 0.467 e. The van der Waals surface area contributed by atoms with E-state index in [1.54, 1.807) is 23.7 Å². The number of hydrogen-bond acceptors (Lipinski definition) is 6. The molecule has 114 valence electrons. The molecule has 1 aliphatic rings. The van der Waals surface area contributed by atoms with Gasteiger partial charge in [0, 0.05) is 13.3 Å². The predicted octanol–water partition coefficient (Wildman–Crippen LogP) is 2.58. The summed E-state index contributed by atoms with van der Waals surface area (Å²) in [7, 11) is 0. The number of carbonyl (C=O) groups is 2. The van der Waals surface area contributed by atoms with Gasteiger partial charge in [0.15, 0.2) is 6.61 Å². The zero-order valence-corrected chi connectivity index (χ0v) is 12.7. The first-order chi connectivity index (χ1) is 10.6. The van der Waals surface area contributed by atoms with Crippen molar-refractivity contribution < 1.29 is 18.7 Å². The Balaban J connectivity index is 1.84. The quantitative estimate of drug-likeness (QED) is 0.812. The van der Waals surface area contributed by atoms with Crippen LogP contribution in [0.5, 0.6) is 0 Å². The van der Waals surface area contributed by atoms with E-state index in [2.05, 4.69) is 5.10 Å².